The van der Waals surface area contributed by atoms with Crippen molar-refractivity contribution in [2.45, 2.75) is 45.4 Å². The molecule has 0 unspecified atom stereocenters. The van der Waals surface area contributed by atoms with Crippen LogP contribution in [0, 0.1) is 0 Å². The highest BCUT2D eigenvalue weighted by Crippen LogP contribution is 2.19. The molecule has 2 aromatic heterocycles. The average molecular weight is 371 g/mol. The summed E-state index contributed by atoms with van der Waals surface area (Å²) in [5.41, 5.74) is 6.88. The van der Waals surface area contributed by atoms with Crippen molar-refractivity contribution in [3.8, 4) is 0 Å². The molecule has 0 aliphatic carbocycles. The van der Waals surface area contributed by atoms with Crippen LogP contribution < -0.4 is 11.1 Å². The van der Waals surface area contributed by atoms with Crippen molar-refractivity contribution in [3.05, 3.63) is 53.7 Å². The molecule has 0 bridgehead atoms. The topological polar surface area (TPSA) is 108 Å². The number of amides is 1. The fraction of sp³-hybridized carbons (Fsp3) is 0.421. The number of nitrogens with two attached hydrogens (primary N) is 1. The smallest absolute Gasteiger partial charge is 0.326 e. The van der Waals surface area contributed by atoms with Crippen LogP contribution in [0.3, 0.4) is 0 Å². The number of ether oxygens (including phenoxy) is 1. The van der Waals surface area contributed by atoms with Gasteiger partial charge in [0.05, 0.1) is 24.4 Å². The Hall–Kier alpha value is -2.71. The molecule has 0 saturated heterocycles. The third kappa shape index (κ3) is 4.35. The van der Waals surface area contributed by atoms with Crippen LogP contribution in [0.5, 0.6) is 0 Å². The number of hydrogen-bond acceptors (Lipinski definition) is 6. The lowest BCUT2D eigenvalue weighted by atomic mass is 10.1. The van der Waals surface area contributed by atoms with Crippen LogP contribution in [0.1, 0.15) is 43.9 Å². The van der Waals surface area contributed by atoms with Crippen LogP contribution in [0.4, 0.5) is 0 Å². The Labute approximate surface area is 157 Å². The first-order chi connectivity index (χ1) is 12.9. The summed E-state index contributed by atoms with van der Waals surface area (Å²) >= 11 is 0. The second-order valence-electron chi connectivity index (χ2n) is 7.01. The fourth-order valence-corrected chi connectivity index (χ4v) is 2.66. The molecular weight excluding hydrogens is 346 g/mol. The third-order valence-corrected chi connectivity index (χ3v) is 4.21. The molecule has 3 aromatic rings. The first-order valence-corrected chi connectivity index (χ1v) is 8.93. The lowest BCUT2D eigenvalue weighted by molar-refractivity contribution is -0.126. The summed E-state index contributed by atoms with van der Waals surface area (Å²) in [4.78, 5) is 12.5. The summed E-state index contributed by atoms with van der Waals surface area (Å²) < 4.78 is 13.1. The van der Waals surface area contributed by atoms with Gasteiger partial charge in [-0.1, -0.05) is 42.4 Å². The highest BCUT2D eigenvalue weighted by atomic mass is 16.5. The number of hydrogen-bond donors (Lipinski definition) is 2. The van der Waals surface area contributed by atoms with Gasteiger partial charge >= 0.3 is 5.84 Å². The molecule has 0 aliphatic rings. The number of aryl methyl sites for hydroxylation is 1. The summed E-state index contributed by atoms with van der Waals surface area (Å²) in [7, 11) is 0. The lowest BCUT2D eigenvalue weighted by Crippen LogP contribution is -2.51. The van der Waals surface area contributed by atoms with Crippen LogP contribution in [-0.2, 0) is 22.6 Å². The molecule has 8 heteroatoms. The standard InChI is InChI=1S/C19H25N5O3/c1-4-14-11-27-18-23-22-16(24(14)18)15(21-17(25)19(2,3)20)12-26-10-13-8-6-5-7-9-13/h5-9,11,15H,4,10,12,20H2,1-3H3,(H,21,25)/t15-/m1/s1. The Morgan fingerprint density at radius 2 is 2.07 bits per heavy atom. The highest BCUT2D eigenvalue weighted by Gasteiger charge is 2.29. The van der Waals surface area contributed by atoms with Gasteiger partial charge in [-0.25, -0.2) is 4.40 Å². The van der Waals surface area contributed by atoms with Crippen molar-refractivity contribution in [2.24, 2.45) is 5.73 Å². The number of fused-ring (bicyclic) bond motifs is 1. The second kappa shape index (κ2) is 7.89. The zero-order valence-corrected chi connectivity index (χ0v) is 15.8. The van der Waals surface area contributed by atoms with Crippen LogP contribution >= 0.6 is 0 Å². The second-order valence-corrected chi connectivity index (χ2v) is 7.01. The molecule has 0 radical (unpaired) electrons. The molecule has 0 saturated carbocycles. The van der Waals surface area contributed by atoms with Gasteiger partial charge in [0.2, 0.25) is 5.91 Å². The minimum absolute atomic E-state index is 0.228. The molecular formula is C19H25N5O3. The fourth-order valence-electron chi connectivity index (χ4n) is 2.66. The van der Waals surface area contributed by atoms with Gasteiger partial charge < -0.3 is 20.2 Å². The van der Waals surface area contributed by atoms with Gasteiger partial charge in [-0.15, -0.1) is 5.10 Å². The zero-order valence-electron chi connectivity index (χ0n) is 15.8. The van der Waals surface area contributed by atoms with Crippen molar-refractivity contribution in [3.63, 3.8) is 0 Å². The van der Waals surface area contributed by atoms with E-state index < -0.39 is 11.6 Å². The van der Waals surface area contributed by atoms with Crippen molar-refractivity contribution in [1.82, 2.24) is 19.9 Å². The molecule has 1 atom stereocenters. The molecule has 27 heavy (non-hydrogen) atoms. The molecule has 8 nitrogen and oxygen atoms in total. The van der Waals surface area contributed by atoms with Crippen molar-refractivity contribution in [2.75, 3.05) is 6.61 Å². The number of carbonyl (C=O) groups excluding carboxylic acids is 1. The van der Waals surface area contributed by atoms with Crippen molar-refractivity contribution >= 4 is 11.8 Å². The van der Waals surface area contributed by atoms with Gasteiger partial charge in [0.25, 0.3) is 0 Å². The highest BCUT2D eigenvalue weighted by molar-refractivity contribution is 5.85. The normalized spacial score (nSPS) is 13.0. The molecule has 144 valence electrons. The van der Waals surface area contributed by atoms with E-state index in [1.807, 2.05) is 37.3 Å². The molecule has 1 amide bonds. The van der Waals surface area contributed by atoms with Crippen LogP contribution in [0.2, 0.25) is 0 Å². The third-order valence-electron chi connectivity index (χ3n) is 4.21. The Morgan fingerprint density at radius 3 is 2.74 bits per heavy atom. The molecule has 2 heterocycles. The Morgan fingerprint density at radius 1 is 1.33 bits per heavy atom. The SMILES string of the molecule is CCc1coc2nnc([C@@H](COCc3ccccc3)NC(=O)C(C)(C)N)n12. The number of nitrogens with one attached hydrogen (secondary N) is 1. The van der Waals surface area contributed by atoms with E-state index >= 15 is 0 Å². The van der Waals surface area contributed by atoms with E-state index in [-0.39, 0.29) is 12.5 Å². The number of aromatic nitrogens is 3. The summed E-state index contributed by atoms with van der Waals surface area (Å²) in [5.74, 6) is 0.645. The lowest BCUT2D eigenvalue weighted by Gasteiger charge is -2.23. The summed E-state index contributed by atoms with van der Waals surface area (Å²) in [6, 6.07) is 9.32. The quantitative estimate of drug-likeness (QED) is 0.627. The molecule has 3 rings (SSSR count). The summed E-state index contributed by atoms with van der Waals surface area (Å²) in [6.07, 6.45) is 2.38. The zero-order chi connectivity index (χ0) is 19.4. The van der Waals surface area contributed by atoms with E-state index in [9.17, 15) is 4.79 Å². The van der Waals surface area contributed by atoms with Crippen molar-refractivity contribution < 1.29 is 13.9 Å². The van der Waals surface area contributed by atoms with E-state index in [1.54, 1.807) is 24.5 Å². The number of nitrogens with zero attached hydrogens (tertiary/aromatic N) is 3. The van der Waals surface area contributed by atoms with Crippen LogP contribution in [0.25, 0.3) is 5.84 Å². The van der Waals surface area contributed by atoms with Gasteiger partial charge in [0.15, 0.2) is 5.82 Å². The molecule has 0 aliphatic heterocycles. The molecule has 3 N–H and O–H groups in total. The van der Waals surface area contributed by atoms with Gasteiger partial charge in [-0.2, -0.15) is 0 Å². The Balaban J connectivity index is 1.82. The minimum Gasteiger partial charge on any atom is -0.430 e. The number of carbonyl (C=O) groups is 1. The maximum atomic E-state index is 12.5. The summed E-state index contributed by atoms with van der Waals surface area (Å²) in [5, 5.41) is 11.2. The first-order valence-electron chi connectivity index (χ1n) is 8.93. The Bertz CT molecular complexity index is 895. The largest absolute Gasteiger partial charge is 0.430 e. The number of benzene rings is 1. The molecule has 1 aromatic carbocycles. The maximum Gasteiger partial charge on any atom is 0.326 e. The van der Waals surface area contributed by atoms with Gasteiger partial charge in [-0.3, -0.25) is 4.79 Å². The monoisotopic (exact) mass is 371 g/mol. The van der Waals surface area contributed by atoms with Crippen LogP contribution in [-0.4, -0.2) is 32.7 Å². The van der Waals surface area contributed by atoms with Crippen molar-refractivity contribution in [1.29, 1.82) is 0 Å². The average Bonchev–Trinajstić information content (AvgIpc) is 3.22. The van der Waals surface area contributed by atoms with Gasteiger partial charge in [0.1, 0.15) is 12.3 Å². The van der Waals surface area contributed by atoms with E-state index in [4.69, 9.17) is 14.9 Å². The predicted octanol–water partition coefficient (Wildman–Crippen LogP) is 2.00. The van der Waals surface area contributed by atoms with Crippen LogP contribution in [0.15, 0.2) is 41.0 Å². The van der Waals surface area contributed by atoms with Gasteiger partial charge in [-0.05, 0) is 25.8 Å². The van der Waals surface area contributed by atoms with E-state index in [0.29, 0.717) is 18.3 Å². The maximum absolute atomic E-state index is 12.5. The minimum atomic E-state index is -1.02. The van der Waals surface area contributed by atoms with E-state index in [2.05, 4.69) is 15.5 Å². The summed E-state index contributed by atoms with van der Waals surface area (Å²) in [6.45, 7) is 5.97. The number of rotatable bonds is 8. The molecule has 0 fully saturated rings. The van der Waals surface area contributed by atoms with E-state index in [0.717, 1.165) is 17.7 Å². The first kappa shape index (κ1) is 19.1. The van der Waals surface area contributed by atoms with E-state index in [1.165, 1.54) is 0 Å². The predicted molar refractivity (Wildman–Crippen MR) is 99.9 cm³/mol. The van der Waals surface area contributed by atoms with Gasteiger partial charge in [0, 0.05) is 0 Å². The Kier molecular flexibility index (Phi) is 5.57. The number of oxazole rings is 1. The molecule has 0 spiro atoms.